The van der Waals surface area contributed by atoms with Gasteiger partial charge < -0.3 is 85.3 Å². The van der Waals surface area contributed by atoms with Gasteiger partial charge in [-0.1, -0.05) is 0 Å². The fourth-order valence-electron chi connectivity index (χ4n) is 0.139. The summed E-state index contributed by atoms with van der Waals surface area (Å²) in [5, 5.41) is 0. The van der Waals surface area contributed by atoms with E-state index in [0.29, 0.717) is 0 Å². The van der Waals surface area contributed by atoms with E-state index in [1.807, 2.05) is 0 Å². The first kappa shape index (κ1) is 160. The summed E-state index contributed by atoms with van der Waals surface area (Å²) in [6, 6.07) is 0. The van der Waals surface area contributed by atoms with Crippen LogP contribution >= 0.6 is 15.6 Å². The van der Waals surface area contributed by atoms with Crippen LogP contribution in [-0.2, 0) is 13.4 Å². The minimum atomic E-state index is -5.05. The summed E-state index contributed by atoms with van der Waals surface area (Å²) in [4.78, 5) is 31.0. The fourth-order valence-corrected chi connectivity index (χ4v) is 1.25. The predicted octanol–water partition coefficient (Wildman–Crippen LogP) is -13.3. The van der Waals surface area contributed by atoms with E-state index >= 15 is 0 Å². The first-order chi connectivity index (χ1) is 3.71. The summed E-state index contributed by atoms with van der Waals surface area (Å²) >= 11 is 0. The van der Waals surface area contributed by atoms with E-state index in [9.17, 15) is 9.13 Å². The third-order valence-corrected chi connectivity index (χ3v) is 1.91. The summed E-state index contributed by atoms with van der Waals surface area (Å²) in [5.41, 5.74) is 0. The van der Waals surface area contributed by atoms with Crippen LogP contribution in [0, 0.1) is 0 Å². The van der Waals surface area contributed by atoms with Crippen LogP contribution in [0.5, 0.6) is 0 Å². The van der Waals surface area contributed by atoms with Gasteiger partial charge in [-0.2, -0.15) is 4.31 Å². The molecule has 28 N–H and O–H groups in total. The van der Waals surface area contributed by atoms with Gasteiger partial charge in [-0.15, -0.1) is 0 Å². The molecule has 0 rings (SSSR count). The molecule has 25 heteroatoms. The number of hydrogen-bond donors (Lipinski definition) is 4. The van der Waals surface area contributed by atoms with E-state index in [1.54, 1.807) is 0 Å². The van der Waals surface area contributed by atoms with E-state index in [0.717, 1.165) is 0 Å². The Hall–Kier alpha value is 3.78. The average Bonchev–Trinajstić information content (AvgIpc) is 1.14. The van der Waals surface area contributed by atoms with Gasteiger partial charge in [-0.05, 0) is 0 Å². The van der Waals surface area contributed by atoms with Gasteiger partial charge in [-0.25, -0.2) is 9.13 Å². The van der Waals surface area contributed by atoms with E-state index in [-0.39, 0.29) is 184 Å². The van der Waals surface area contributed by atoms with Crippen molar-refractivity contribution < 1.29 is 98.7 Å². The monoisotopic (exact) mass is 490 g/mol. The molecule has 0 radical (unpaired) electrons. The van der Waals surface area contributed by atoms with Crippen LogP contribution in [0.15, 0.2) is 0 Å². The second kappa shape index (κ2) is 70.8. The molecular weight excluding hydrogens is 458 g/mol. The maximum atomic E-state index is 9.63. The van der Waals surface area contributed by atoms with Crippen molar-refractivity contribution in [3.63, 3.8) is 0 Å². The van der Waals surface area contributed by atoms with Crippen LogP contribution in [0.3, 0.4) is 0 Å². The van der Waals surface area contributed by atoms with Crippen molar-refractivity contribution in [2.75, 3.05) is 0 Å². The Morgan fingerprint density at radius 1 is 0.400 bits per heavy atom. The molecule has 0 aromatic carbocycles. The normalized spacial score (nSPS) is 4.96. The number of rotatable bonds is 2. The first-order valence-electron chi connectivity index (χ1n) is 1.53. The first-order valence-corrected chi connectivity index (χ1v) is 4.59. The molecule has 0 fully saturated rings. The molecule has 0 amide bonds. The van der Waals surface area contributed by atoms with E-state index in [4.69, 9.17) is 19.6 Å². The molecule has 19 nitrogen and oxygen atoms in total. The Morgan fingerprint density at radius 3 is 0.480 bits per heavy atom. The molecule has 25 heavy (non-hydrogen) atoms. The SMILES string of the molecule is O.O.O.O.O.O.O.O.O.O.O.O.O=P(O)(O)OP(=O)(O)O.[NaH].[NaH].[NaH].[NaH]. The standard InChI is InChI=1S/4Na.H4O7P2.12H2O.4H/c;;;;1-8(2,3)7-9(4,5)6;;;;;;;;;;;;;;;;/h;;;;(H2,1,2,3)(H2,4,5,6);12*1H2;;;;. The van der Waals surface area contributed by atoms with Crippen LogP contribution < -0.4 is 0 Å². The third kappa shape index (κ3) is 193. The molecule has 0 aliphatic heterocycles. The zero-order valence-corrected chi connectivity index (χ0v) is 11.7. The molecular formula is H32Na4O19P2. The van der Waals surface area contributed by atoms with Crippen LogP contribution in [0.25, 0.3) is 0 Å². The van der Waals surface area contributed by atoms with Gasteiger partial charge in [0.1, 0.15) is 0 Å². The van der Waals surface area contributed by atoms with Crippen molar-refractivity contribution in [3.05, 3.63) is 0 Å². The average molecular weight is 490 g/mol. The number of phosphoric acid groups is 2. The zero-order valence-electron chi connectivity index (χ0n) is 9.91. The van der Waals surface area contributed by atoms with Crippen LogP contribution in [0.2, 0.25) is 0 Å². The molecule has 0 spiro atoms. The fraction of sp³-hybridized carbons (Fsp3) is 0. The van der Waals surface area contributed by atoms with Crippen molar-refractivity contribution in [1.82, 2.24) is 0 Å². The van der Waals surface area contributed by atoms with Crippen LogP contribution in [0.1, 0.15) is 0 Å². The van der Waals surface area contributed by atoms with Crippen molar-refractivity contribution in [2.24, 2.45) is 0 Å². The zero-order chi connectivity index (χ0) is 7.71. The maximum absolute atomic E-state index is 9.63. The molecule has 160 valence electrons. The molecule has 0 aliphatic carbocycles. The Kier molecular flexibility index (Phi) is 453. The Balaban J connectivity index is -0.00000000267. The Labute approximate surface area is 229 Å². The van der Waals surface area contributed by atoms with Crippen molar-refractivity contribution in [3.8, 4) is 0 Å². The second-order valence-corrected chi connectivity index (χ2v) is 3.68. The van der Waals surface area contributed by atoms with Gasteiger partial charge >= 0.3 is 134 Å². The minimum absolute atomic E-state index is 0. The van der Waals surface area contributed by atoms with Gasteiger partial charge in [0.05, 0.1) is 0 Å². The quantitative estimate of drug-likeness (QED) is 0.213. The third-order valence-electron chi connectivity index (χ3n) is 0.213. The van der Waals surface area contributed by atoms with E-state index < -0.39 is 15.6 Å². The van der Waals surface area contributed by atoms with Gasteiger partial charge in [0, 0.05) is 0 Å². The van der Waals surface area contributed by atoms with E-state index in [2.05, 4.69) is 4.31 Å². The molecule has 0 aromatic heterocycles. The Morgan fingerprint density at radius 2 is 0.480 bits per heavy atom. The van der Waals surface area contributed by atoms with Crippen molar-refractivity contribution in [2.45, 2.75) is 0 Å². The molecule has 0 atom stereocenters. The summed E-state index contributed by atoms with van der Waals surface area (Å²) in [6.07, 6.45) is 0. The number of hydrogen-bond acceptors (Lipinski definition) is 3. The molecule has 0 saturated heterocycles. The predicted molar refractivity (Wildman–Crippen MR) is 97.1 cm³/mol. The topological polar surface area (TPSA) is 502 Å². The second-order valence-electron chi connectivity index (χ2n) is 1.06. The molecule has 0 bridgehead atoms. The van der Waals surface area contributed by atoms with Crippen molar-refractivity contribution >= 4 is 134 Å². The molecule has 0 aliphatic rings. The molecule has 0 heterocycles. The van der Waals surface area contributed by atoms with Gasteiger partial charge in [0.15, 0.2) is 0 Å². The van der Waals surface area contributed by atoms with Crippen LogP contribution in [0.4, 0.5) is 0 Å². The molecule has 0 aromatic rings. The summed E-state index contributed by atoms with van der Waals surface area (Å²) in [7, 11) is -10.1. The van der Waals surface area contributed by atoms with E-state index in [1.165, 1.54) is 0 Å². The summed E-state index contributed by atoms with van der Waals surface area (Å²) in [5.74, 6) is 0. The molecule has 0 unspecified atom stereocenters. The van der Waals surface area contributed by atoms with Crippen molar-refractivity contribution in [1.29, 1.82) is 0 Å². The van der Waals surface area contributed by atoms with Crippen LogP contribution in [-0.4, -0.2) is 204 Å². The van der Waals surface area contributed by atoms with Gasteiger partial charge in [0.2, 0.25) is 0 Å². The summed E-state index contributed by atoms with van der Waals surface area (Å²) < 4.78 is 22.2. The Bertz CT molecular complexity index is 166. The summed E-state index contributed by atoms with van der Waals surface area (Å²) in [6.45, 7) is 0. The van der Waals surface area contributed by atoms with Gasteiger partial charge in [0.25, 0.3) is 0 Å². The molecule has 0 saturated carbocycles. The van der Waals surface area contributed by atoms with Gasteiger partial charge in [-0.3, -0.25) is 0 Å².